The molecule has 4 heteroatoms. The number of nitrogen functional groups attached to an aromatic ring is 1. The van der Waals surface area contributed by atoms with Crippen LogP contribution in [-0.2, 0) is 6.42 Å². The SMILES string of the molecule is Nc1nc(C2Cc3ccccc32)nc2sccc12. The molecule has 1 atom stereocenters. The normalized spacial score (nSPS) is 17.4. The smallest absolute Gasteiger partial charge is 0.140 e. The van der Waals surface area contributed by atoms with Crippen LogP contribution < -0.4 is 5.73 Å². The third-order valence-electron chi connectivity index (χ3n) is 3.54. The highest BCUT2D eigenvalue weighted by atomic mass is 32.1. The minimum absolute atomic E-state index is 0.315. The Morgan fingerprint density at radius 2 is 2.06 bits per heavy atom. The van der Waals surface area contributed by atoms with Crippen LogP contribution in [0.1, 0.15) is 22.9 Å². The van der Waals surface area contributed by atoms with Gasteiger partial charge in [-0.1, -0.05) is 24.3 Å². The summed E-state index contributed by atoms with van der Waals surface area (Å²) in [4.78, 5) is 10.1. The molecule has 0 fully saturated rings. The highest BCUT2D eigenvalue weighted by Crippen LogP contribution is 2.39. The number of nitrogens with two attached hydrogens (primary N) is 1. The van der Waals surface area contributed by atoms with Crippen LogP contribution in [0.3, 0.4) is 0 Å². The molecule has 18 heavy (non-hydrogen) atoms. The van der Waals surface area contributed by atoms with Crippen LogP contribution in [0.2, 0.25) is 0 Å². The van der Waals surface area contributed by atoms with Gasteiger partial charge in [-0.3, -0.25) is 0 Å². The van der Waals surface area contributed by atoms with Crippen molar-refractivity contribution in [3.05, 3.63) is 52.7 Å². The first-order valence-electron chi connectivity index (χ1n) is 5.91. The van der Waals surface area contributed by atoms with Gasteiger partial charge in [0.05, 0.1) is 5.39 Å². The van der Waals surface area contributed by atoms with Crippen LogP contribution in [0.15, 0.2) is 35.7 Å². The second kappa shape index (κ2) is 3.53. The molecular formula is C14H11N3S. The fraction of sp³-hybridized carbons (Fsp3) is 0.143. The van der Waals surface area contributed by atoms with Crippen LogP contribution in [0, 0.1) is 0 Å². The summed E-state index contributed by atoms with van der Waals surface area (Å²) in [5.41, 5.74) is 8.73. The first-order chi connectivity index (χ1) is 8.83. The second-order valence-electron chi connectivity index (χ2n) is 4.56. The fourth-order valence-electron chi connectivity index (χ4n) is 2.54. The average molecular weight is 253 g/mol. The van der Waals surface area contributed by atoms with Crippen LogP contribution >= 0.6 is 11.3 Å². The van der Waals surface area contributed by atoms with Gasteiger partial charge in [0.15, 0.2) is 0 Å². The van der Waals surface area contributed by atoms with Crippen molar-refractivity contribution in [2.24, 2.45) is 0 Å². The number of anilines is 1. The zero-order valence-electron chi connectivity index (χ0n) is 9.63. The molecule has 2 aromatic heterocycles. The van der Waals surface area contributed by atoms with Crippen molar-refractivity contribution in [2.75, 3.05) is 5.73 Å². The van der Waals surface area contributed by atoms with Crippen molar-refractivity contribution in [2.45, 2.75) is 12.3 Å². The molecule has 2 N–H and O–H groups in total. The zero-order valence-corrected chi connectivity index (χ0v) is 10.4. The van der Waals surface area contributed by atoms with E-state index in [0.717, 1.165) is 22.5 Å². The summed E-state index contributed by atoms with van der Waals surface area (Å²) in [5.74, 6) is 1.77. The quantitative estimate of drug-likeness (QED) is 0.725. The number of rotatable bonds is 1. The predicted octanol–water partition coefficient (Wildman–Crippen LogP) is 2.96. The molecule has 88 valence electrons. The number of nitrogens with zero attached hydrogens (tertiary/aromatic N) is 2. The molecule has 4 rings (SSSR count). The molecule has 3 nitrogen and oxygen atoms in total. The number of hydrogen-bond acceptors (Lipinski definition) is 4. The lowest BCUT2D eigenvalue weighted by Crippen LogP contribution is -2.20. The van der Waals surface area contributed by atoms with Crippen LogP contribution in [0.5, 0.6) is 0 Å². The molecule has 0 spiro atoms. The maximum atomic E-state index is 5.99. The summed E-state index contributed by atoms with van der Waals surface area (Å²) < 4.78 is 0. The molecule has 2 heterocycles. The number of benzene rings is 1. The van der Waals surface area contributed by atoms with Gasteiger partial charge in [0, 0.05) is 5.92 Å². The number of thiophene rings is 1. The summed E-state index contributed by atoms with van der Waals surface area (Å²) in [7, 11) is 0. The van der Waals surface area contributed by atoms with Crippen LogP contribution in [0.4, 0.5) is 5.82 Å². The standard InChI is InChI=1S/C14H11N3S/c15-12-10-5-6-18-14(10)17-13(16-12)11-7-8-3-1-2-4-9(8)11/h1-6,11H,7H2,(H2,15,16,17). The first-order valence-corrected chi connectivity index (χ1v) is 6.79. The average Bonchev–Trinajstić information content (AvgIpc) is 2.79. The van der Waals surface area contributed by atoms with Crippen LogP contribution in [-0.4, -0.2) is 9.97 Å². The third-order valence-corrected chi connectivity index (χ3v) is 4.34. The number of hydrogen-bond donors (Lipinski definition) is 1. The molecule has 1 aliphatic rings. The van der Waals surface area contributed by atoms with Gasteiger partial charge < -0.3 is 5.73 Å². The van der Waals surface area contributed by atoms with Crippen molar-refractivity contribution >= 4 is 27.4 Å². The summed E-state index contributed by atoms with van der Waals surface area (Å²) >= 11 is 1.62. The Labute approximate surface area is 108 Å². The minimum Gasteiger partial charge on any atom is -0.383 e. The lowest BCUT2D eigenvalue weighted by atomic mass is 9.77. The van der Waals surface area contributed by atoms with Gasteiger partial charge in [0.2, 0.25) is 0 Å². The number of aromatic nitrogens is 2. The molecule has 0 radical (unpaired) electrons. The fourth-order valence-corrected chi connectivity index (χ4v) is 3.32. The van der Waals surface area contributed by atoms with Crippen molar-refractivity contribution in [1.82, 2.24) is 9.97 Å². The maximum Gasteiger partial charge on any atom is 0.140 e. The predicted molar refractivity (Wildman–Crippen MR) is 73.8 cm³/mol. The van der Waals surface area contributed by atoms with Gasteiger partial charge in [-0.2, -0.15) is 0 Å². The molecule has 0 saturated carbocycles. The summed E-state index contributed by atoms with van der Waals surface area (Å²) in [6.45, 7) is 0. The molecule has 0 saturated heterocycles. The Morgan fingerprint density at radius 3 is 2.94 bits per heavy atom. The monoisotopic (exact) mass is 253 g/mol. The van der Waals surface area contributed by atoms with E-state index in [1.54, 1.807) is 11.3 Å². The molecule has 0 aliphatic heterocycles. The van der Waals surface area contributed by atoms with Crippen molar-refractivity contribution in [3.63, 3.8) is 0 Å². The molecule has 0 amide bonds. The van der Waals surface area contributed by atoms with Gasteiger partial charge >= 0.3 is 0 Å². The van der Waals surface area contributed by atoms with Gasteiger partial charge in [-0.15, -0.1) is 11.3 Å². The largest absolute Gasteiger partial charge is 0.383 e. The van der Waals surface area contributed by atoms with E-state index in [0.29, 0.717) is 11.7 Å². The first kappa shape index (κ1) is 10.0. The van der Waals surface area contributed by atoms with Crippen molar-refractivity contribution in [1.29, 1.82) is 0 Å². The molecule has 1 aliphatic carbocycles. The van der Waals surface area contributed by atoms with Crippen LogP contribution in [0.25, 0.3) is 10.2 Å². The third kappa shape index (κ3) is 1.29. The van der Waals surface area contributed by atoms with Gasteiger partial charge in [0.25, 0.3) is 0 Å². The Kier molecular flexibility index (Phi) is 1.96. The van der Waals surface area contributed by atoms with Crippen molar-refractivity contribution in [3.8, 4) is 0 Å². The van der Waals surface area contributed by atoms with E-state index in [4.69, 9.17) is 5.73 Å². The summed E-state index contributed by atoms with van der Waals surface area (Å²) in [6, 6.07) is 10.4. The Hall–Kier alpha value is -1.94. The Balaban J connectivity index is 1.85. The Bertz CT molecular complexity index is 748. The van der Waals surface area contributed by atoms with E-state index < -0.39 is 0 Å². The van der Waals surface area contributed by atoms with E-state index in [1.807, 2.05) is 11.4 Å². The molecule has 1 unspecified atom stereocenters. The van der Waals surface area contributed by atoms with Gasteiger partial charge in [-0.25, -0.2) is 9.97 Å². The second-order valence-corrected chi connectivity index (χ2v) is 5.46. The van der Waals surface area contributed by atoms with E-state index in [9.17, 15) is 0 Å². The van der Waals surface area contributed by atoms with Gasteiger partial charge in [0.1, 0.15) is 16.5 Å². The summed E-state index contributed by atoms with van der Waals surface area (Å²) in [6.07, 6.45) is 1.02. The lowest BCUT2D eigenvalue weighted by molar-refractivity contribution is 0.665. The highest BCUT2D eigenvalue weighted by molar-refractivity contribution is 7.16. The molecule has 0 bridgehead atoms. The number of fused-ring (bicyclic) bond motifs is 2. The Morgan fingerprint density at radius 1 is 1.17 bits per heavy atom. The van der Waals surface area contributed by atoms with E-state index in [2.05, 4.69) is 34.2 Å². The molecule has 1 aromatic carbocycles. The van der Waals surface area contributed by atoms with Crippen molar-refractivity contribution < 1.29 is 0 Å². The zero-order chi connectivity index (χ0) is 12.1. The molecule has 3 aromatic rings. The summed E-state index contributed by atoms with van der Waals surface area (Å²) in [5, 5.41) is 2.98. The molecular weight excluding hydrogens is 242 g/mol. The highest BCUT2D eigenvalue weighted by Gasteiger charge is 2.29. The lowest BCUT2D eigenvalue weighted by Gasteiger charge is -2.28. The topological polar surface area (TPSA) is 51.8 Å². The minimum atomic E-state index is 0.315. The maximum absolute atomic E-state index is 5.99. The van der Waals surface area contributed by atoms with E-state index in [1.165, 1.54) is 11.1 Å². The van der Waals surface area contributed by atoms with Gasteiger partial charge in [-0.05, 0) is 29.0 Å². The van der Waals surface area contributed by atoms with E-state index in [-0.39, 0.29) is 0 Å². The van der Waals surface area contributed by atoms with E-state index >= 15 is 0 Å².